The molecule has 1 aliphatic rings. The van der Waals surface area contributed by atoms with Crippen LogP contribution >= 0.6 is 0 Å². The van der Waals surface area contributed by atoms with Gasteiger partial charge in [0.25, 0.3) is 0 Å². The van der Waals surface area contributed by atoms with Gasteiger partial charge in [-0.3, -0.25) is 4.90 Å². The summed E-state index contributed by atoms with van der Waals surface area (Å²) >= 11 is 0. The first kappa shape index (κ1) is 18.5. The Bertz CT molecular complexity index is 726. The second kappa shape index (κ2) is 8.85. The van der Waals surface area contributed by atoms with E-state index in [2.05, 4.69) is 46.5 Å². The molecule has 2 aromatic rings. The first-order chi connectivity index (χ1) is 12.7. The van der Waals surface area contributed by atoms with Crippen molar-refractivity contribution in [3.05, 3.63) is 48.0 Å². The summed E-state index contributed by atoms with van der Waals surface area (Å²) in [4.78, 5) is 18.8. The molecule has 0 aliphatic carbocycles. The van der Waals surface area contributed by atoms with Crippen LogP contribution in [0.1, 0.15) is 44.4 Å². The maximum atomic E-state index is 12.2. The summed E-state index contributed by atoms with van der Waals surface area (Å²) in [6.07, 6.45) is 7.44. The minimum Gasteiger partial charge on any atom is -0.333 e. The molecule has 140 valence electrons. The van der Waals surface area contributed by atoms with Crippen LogP contribution in [0.4, 0.5) is 10.5 Å². The van der Waals surface area contributed by atoms with Crippen LogP contribution in [0.25, 0.3) is 0 Å². The highest BCUT2D eigenvalue weighted by molar-refractivity contribution is 5.89. The SMILES string of the molecule is CCn1cncc1CNC(=O)Nc1cccc(CN2CCCC[C@@H]2C)c1. The molecule has 3 rings (SSSR count). The Hall–Kier alpha value is -2.34. The predicted octanol–water partition coefficient (Wildman–Crippen LogP) is 3.60. The van der Waals surface area contributed by atoms with Crippen LogP contribution in [-0.2, 0) is 19.6 Å². The first-order valence-corrected chi connectivity index (χ1v) is 9.52. The normalized spacial score (nSPS) is 17.8. The topological polar surface area (TPSA) is 62.2 Å². The van der Waals surface area contributed by atoms with E-state index in [1.807, 2.05) is 16.7 Å². The molecule has 0 radical (unpaired) electrons. The highest BCUT2D eigenvalue weighted by Gasteiger charge is 2.18. The number of hydrogen-bond acceptors (Lipinski definition) is 3. The van der Waals surface area contributed by atoms with Gasteiger partial charge in [0.05, 0.1) is 18.6 Å². The molecule has 6 heteroatoms. The number of benzene rings is 1. The Morgan fingerprint density at radius 1 is 1.35 bits per heavy atom. The van der Waals surface area contributed by atoms with Gasteiger partial charge in [-0.25, -0.2) is 9.78 Å². The summed E-state index contributed by atoms with van der Waals surface area (Å²) in [7, 11) is 0. The van der Waals surface area contributed by atoms with Gasteiger partial charge in [0.1, 0.15) is 0 Å². The lowest BCUT2D eigenvalue weighted by Gasteiger charge is -2.33. The van der Waals surface area contributed by atoms with Crippen molar-refractivity contribution >= 4 is 11.7 Å². The number of nitrogens with one attached hydrogen (secondary N) is 2. The quantitative estimate of drug-likeness (QED) is 0.832. The van der Waals surface area contributed by atoms with E-state index >= 15 is 0 Å². The van der Waals surface area contributed by atoms with Gasteiger partial charge in [0, 0.05) is 31.0 Å². The van der Waals surface area contributed by atoms with E-state index < -0.39 is 0 Å². The molecule has 6 nitrogen and oxygen atoms in total. The Morgan fingerprint density at radius 3 is 3.04 bits per heavy atom. The van der Waals surface area contributed by atoms with Gasteiger partial charge >= 0.3 is 6.03 Å². The fourth-order valence-corrected chi connectivity index (χ4v) is 3.50. The largest absolute Gasteiger partial charge is 0.333 e. The van der Waals surface area contributed by atoms with Crippen molar-refractivity contribution in [3.8, 4) is 0 Å². The number of likely N-dealkylation sites (tertiary alicyclic amines) is 1. The number of aromatic nitrogens is 2. The summed E-state index contributed by atoms with van der Waals surface area (Å²) in [5.41, 5.74) is 3.06. The predicted molar refractivity (Wildman–Crippen MR) is 104 cm³/mol. The lowest BCUT2D eigenvalue weighted by Crippen LogP contribution is -2.36. The second-order valence-corrected chi connectivity index (χ2v) is 6.99. The van der Waals surface area contributed by atoms with Gasteiger partial charge in [-0.15, -0.1) is 0 Å². The molecule has 0 saturated carbocycles. The maximum Gasteiger partial charge on any atom is 0.319 e. The van der Waals surface area contributed by atoms with Crippen molar-refractivity contribution in [2.24, 2.45) is 0 Å². The number of carbonyl (C=O) groups is 1. The van der Waals surface area contributed by atoms with Crippen LogP contribution < -0.4 is 10.6 Å². The molecule has 0 unspecified atom stereocenters. The van der Waals surface area contributed by atoms with E-state index in [9.17, 15) is 4.79 Å². The molecule has 1 aromatic carbocycles. The zero-order chi connectivity index (χ0) is 18.4. The number of hydrogen-bond donors (Lipinski definition) is 2. The average molecular weight is 355 g/mol. The highest BCUT2D eigenvalue weighted by Crippen LogP contribution is 2.20. The maximum absolute atomic E-state index is 12.2. The number of aryl methyl sites for hydroxylation is 1. The Balaban J connectivity index is 1.53. The number of rotatable bonds is 6. The van der Waals surface area contributed by atoms with Crippen LogP contribution in [0.15, 0.2) is 36.8 Å². The van der Waals surface area contributed by atoms with Gasteiger partial charge in [0.2, 0.25) is 0 Å². The molecule has 1 aliphatic heterocycles. The third kappa shape index (κ3) is 4.85. The van der Waals surface area contributed by atoms with E-state index in [-0.39, 0.29) is 6.03 Å². The van der Waals surface area contributed by atoms with Crippen LogP contribution in [0.2, 0.25) is 0 Å². The monoisotopic (exact) mass is 355 g/mol. The van der Waals surface area contributed by atoms with Crippen molar-refractivity contribution < 1.29 is 4.79 Å². The number of anilines is 1. The summed E-state index contributed by atoms with van der Waals surface area (Å²) in [5.74, 6) is 0. The van der Waals surface area contributed by atoms with Gasteiger partial charge in [-0.05, 0) is 50.9 Å². The van der Waals surface area contributed by atoms with Crippen molar-refractivity contribution in [3.63, 3.8) is 0 Å². The minimum absolute atomic E-state index is 0.197. The molecule has 2 N–H and O–H groups in total. The van der Waals surface area contributed by atoms with Crippen molar-refractivity contribution in [2.75, 3.05) is 11.9 Å². The van der Waals surface area contributed by atoms with Crippen LogP contribution in [-0.4, -0.2) is 33.1 Å². The standard InChI is InChI=1S/C20H29N5O/c1-3-24-15-21-12-19(24)13-22-20(26)23-18-9-6-8-17(11-18)14-25-10-5-4-7-16(25)2/h6,8-9,11-12,15-16H,3-5,7,10,13-14H2,1-2H3,(H2,22,23,26)/t16-/m0/s1. The number of carbonyl (C=O) groups excluding carboxylic acids is 1. The van der Waals surface area contributed by atoms with E-state index in [0.29, 0.717) is 12.6 Å². The van der Waals surface area contributed by atoms with Gasteiger partial charge in [0.15, 0.2) is 0 Å². The first-order valence-electron chi connectivity index (χ1n) is 9.52. The summed E-state index contributed by atoms with van der Waals surface area (Å²) in [6, 6.07) is 8.57. The van der Waals surface area contributed by atoms with E-state index in [4.69, 9.17) is 0 Å². The molecular weight excluding hydrogens is 326 g/mol. The van der Waals surface area contributed by atoms with E-state index in [0.717, 1.165) is 31.0 Å². The van der Waals surface area contributed by atoms with E-state index in [1.54, 1.807) is 12.5 Å². The van der Waals surface area contributed by atoms with Crippen LogP contribution in [0.3, 0.4) is 0 Å². The summed E-state index contributed by atoms with van der Waals surface area (Å²) in [5, 5.41) is 5.83. The van der Waals surface area contributed by atoms with Gasteiger partial charge < -0.3 is 15.2 Å². The fraction of sp³-hybridized carbons (Fsp3) is 0.500. The molecule has 2 heterocycles. The lowest BCUT2D eigenvalue weighted by atomic mass is 10.0. The fourth-order valence-electron chi connectivity index (χ4n) is 3.50. The molecule has 0 spiro atoms. The van der Waals surface area contributed by atoms with Gasteiger partial charge in [-0.2, -0.15) is 0 Å². The Morgan fingerprint density at radius 2 is 2.23 bits per heavy atom. The molecule has 1 fully saturated rings. The minimum atomic E-state index is -0.197. The van der Waals surface area contributed by atoms with Crippen LogP contribution in [0, 0.1) is 0 Å². The van der Waals surface area contributed by atoms with Crippen molar-refractivity contribution in [2.45, 2.75) is 58.8 Å². The van der Waals surface area contributed by atoms with Crippen molar-refractivity contribution in [1.29, 1.82) is 0 Å². The third-order valence-electron chi connectivity index (χ3n) is 5.08. The van der Waals surface area contributed by atoms with Crippen LogP contribution in [0.5, 0.6) is 0 Å². The molecule has 1 atom stereocenters. The molecule has 26 heavy (non-hydrogen) atoms. The number of amides is 2. The number of urea groups is 1. The van der Waals surface area contributed by atoms with Crippen molar-refractivity contribution in [1.82, 2.24) is 19.8 Å². The zero-order valence-electron chi connectivity index (χ0n) is 15.7. The third-order valence-corrected chi connectivity index (χ3v) is 5.08. The molecule has 0 bridgehead atoms. The Kier molecular flexibility index (Phi) is 6.28. The summed E-state index contributed by atoms with van der Waals surface area (Å²) in [6.45, 7) is 7.76. The summed E-state index contributed by atoms with van der Waals surface area (Å²) < 4.78 is 2.01. The number of piperidine rings is 1. The lowest BCUT2D eigenvalue weighted by molar-refractivity contribution is 0.152. The molecule has 1 aromatic heterocycles. The Labute approximate surface area is 155 Å². The second-order valence-electron chi connectivity index (χ2n) is 6.99. The van der Waals surface area contributed by atoms with Gasteiger partial charge in [-0.1, -0.05) is 18.6 Å². The molecule has 1 saturated heterocycles. The molecular formula is C20H29N5O. The zero-order valence-corrected chi connectivity index (χ0v) is 15.7. The average Bonchev–Trinajstić information content (AvgIpc) is 3.10. The molecule has 2 amide bonds. The van der Waals surface area contributed by atoms with E-state index in [1.165, 1.54) is 24.8 Å². The smallest absolute Gasteiger partial charge is 0.319 e. The number of nitrogens with zero attached hydrogens (tertiary/aromatic N) is 3. The highest BCUT2D eigenvalue weighted by atomic mass is 16.2. The number of imidazole rings is 1.